The van der Waals surface area contributed by atoms with E-state index in [9.17, 15) is 0 Å². The Labute approximate surface area is 153 Å². The van der Waals surface area contributed by atoms with E-state index in [4.69, 9.17) is 23.7 Å². The monoisotopic (exact) mass is 356 g/mol. The van der Waals surface area contributed by atoms with Crippen LogP contribution in [0.5, 0.6) is 0 Å². The first-order valence-electron chi connectivity index (χ1n) is 8.99. The number of fused-ring (bicyclic) bond motifs is 1. The molecule has 2 aromatic carbocycles. The fourth-order valence-corrected chi connectivity index (χ4v) is 3.44. The molecular formula is C21H24O5. The molecule has 0 aliphatic carbocycles. The first-order chi connectivity index (χ1) is 12.8. The van der Waals surface area contributed by atoms with Gasteiger partial charge in [-0.2, -0.15) is 0 Å². The fraction of sp³-hybridized carbons (Fsp3) is 0.429. The molecule has 2 fully saturated rings. The predicted molar refractivity (Wildman–Crippen MR) is 95.3 cm³/mol. The van der Waals surface area contributed by atoms with Gasteiger partial charge in [0, 0.05) is 19.1 Å². The molecule has 0 spiro atoms. The van der Waals surface area contributed by atoms with Crippen molar-refractivity contribution >= 4 is 0 Å². The zero-order valence-electron chi connectivity index (χ0n) is 14.8. The zero-order chi connectivity index (χ0) is 17.8. The number of benzene rings is 2. The van der Waals surface area contributed by atoms with Crippen molar-refractivity contribution in [2.45, 2.75) is 43.9 Å². The van der Waals surface area contributed by atoms with Crippen molar-refractivity contribution < 1.29 is 23.7 Å². The van der Waals surface area contributed by atoms with Crippen LogP contribution >= 0.6 is 0 Å². The summed E-state index contributed by atoms with van der Waals surface area (Å²) in [5, 5.41) is 0. The summed E-state index contributed by atoms with van der Waals surface area (Å²) in [7, 11) is 1.65. The Balaban J connectivity index is 1.47. The summed E-state index contributed by atoms with van der Waals surface area (Å²) in [5.41, 5.74) is 2.14. The standard InChI is InChI=1S/C21H24O5/c1-22-19-12-17(23-13-15-8-4-2-5-9-15)20-18(25-19)14-24-21(26-20)16-10-6-3-7-11-16/h2-11,17-21H,12-14H2,1H3/t17-,18-,19-,20-,21+/m0/s1. The number of ether oxygens (including phenoxy) is 5. The van der Waals surface area contributed by atoms with E-state index in [2.05, 4.69) is 12.1 Å². The highest BCUT2D eigenvalue weighted by molar-refractivity contribution is 5.17. The van der Waals surface area contributed by atoms with E-state index in [1.807, 2.05) is 48.5 Å². The second kappa shape index (κ2) is 8.29. The highest BCUT2D eigenvalue weighted by Crippen LogP contribution is 2.35. The van der Waals surface area contributed by atoms with Crippen LogP contribution in [0.1, 0.15) is 23.8 Å². The van der Waals surface area contributed by atoms with E-state index in [1.165, 1.54) is 0 Å². The molecule has 2 aliphatic heterocycles. The molecule has 0 N–H and O–H groups in total. The van der Waals surface area contributed by atoms with Crippen molar-refractivity contribution in [2.24, 2.45) is 0 Å². The van der Waals surface area contributed by atoms with E-state index in [-0.39, 0.29) is 24.6 Å². The van der Waals surface area contributed by atoms with Gasteiger partial charge in [-0.3, -0.25) is 0 Å². The van der Waals surface area contributed by atoms with Gasteiger partial charge < -0.3 is 23.7 Å². The molecule has 0 radical (unpaired) electrons. The average molecular weight is 356 g/mol. The highest BCUT2D eigenvalue weighted by Gasteiger charge is 2.45. The van der Waals surface area contributed by atoms with Gasteiger partial charge in [0.2, 0.25) is 0 Å². The fourth-order valence-electron chi connectivity index (χ4n) is 3.44. The van der Waals surface area contributed by atoms with E-state index in [1.54, 1.807) is 7.11 Å². The maximum absolute atomic E-state index is 6.24. The van der Waals surface area contributed by atoms with Crippen molar-refractivity contribution in [1.82, 2.24) is 0 Å². The number of rotatable bonds is 5. The summed E-state index contributed by atoms with van der Waals surface area (Å²) >= 11 is 0. The molecule has 138 valence electrons. The molecule has 2 aromatic rings. The molecule has 2 heterocycles. The SMILES string of the molecule is CO[C@@H]1C[C@H](OCc2ccccc2)[C@@H]2O[C@H](c3ccccc3)OC[C@@H]2O1. The van der Waals surface area contributed by atoms with Gasteiger partial charge in [0.1, 0.15) is 12.2 Å². The lowest BCUT2D eigenvalue weighted by atomic mass is 10.00. The van der Waals surface area contributed by atoms with Crippen LogP contribution in [0.15, 0.2) is 60.7 Å². The van der Waals surface area contributed by atoms with Crippen molar-refractivity contribution in [3.05, 3.63) is 71.8 Å². The van der Waals surface area contributed by atoms with Crippen LogP contribution in [-0.4, -0.2) is 38.3 Å². The van der Waals surface area contributed by atoms with E-state index in [0.29, 0.717) is 19.6 Å². The molecule has 2 aliphatic rings. The third-order valence-electron chi connectivity index (χ3n) is 4.82. The minimum Gasteiger partial charge on any atom is -0.371 e. The Morgan fingerprint density at radius 1 is 0.962 bits per heavy atom. The van der Waals surface area contributed by atoms with Crippen LogP contribution in [0.4, 0.5) is 0 Å². The Hall–Kier alpha value is -1.76. The summed E-state index contributed by atoms with van der Waals surface area (Å²) in [6, 6.07) is 20.1. The summed E-state index contributed by atoms with van der Waals surface area (Å²) in [6.45, 7) is 0.987. The molecule has 0 aromatic heterocycles. The molecule has 0 saturated carbocycles. The summed E-state index contributed by atoms with van der Waals surface area (Å²) in [4.78, 5) is 0. The molecule has 5 atom stereocenters. The number of hydrogen-bond donors (Lipinski definition) is 0. The molecular weight excluding hydrogens is 332 g/mol. The van der Waals surface area contributed by atoms with Gasteiger partial charge in [0.05, 0.1) is 19.3 Å². The summed E-state index contributed by atoms with van der Waals surface area (Å²) in [5.74, 6) is 0. The van der Waals surface area contributed by atoms with Gasteiger partial charge in [0.15, 0.2) is 12.6 Å². The summed E-state index contributed by atoms with van der Waals surface area (Å²) < 4.78 is 29.7. The molecule has 0 bridgehead atoms. The lowest BCUT2D eigenvalue weighted by molar-refractivity contribution is -0.339. The van der Waals surface area contributed by atoms with Crippen molar-refractivity contribution in [1.29, 1.82) is 0 Å². The van der Waals surface area contributed by atoms with Crippen molar-refractivity contribution in [3.8, 4) is 0 Å². The Morgan fingerprint density at radius 2 is 1.69 bits per heavy atom. The van der Waals surface area contributed by atoms with Crippen molar-refractivity contribution in [3.63, 3.8) is 0 Å². The minimum absolute atomic E-state index is 0.117. The normalized spacial score (nSPS) is 31.3. The quantitative estimate of drug-likeness (QED) is 0.821. The Kier molecular flexibility index (Phi) is 5.62. The van der Waals surface area contributed by atoms with Gasteiger partial charge >= 0.3 is 0 Å². The van der Waals surface area contributed by atoms with Crippen LogP contribution in [-0.2, 0) is 30.3 Å². The van der Waals surface area contributed by atoms with Gasteiger partial charge in [-0.15, -0.1) is 0 Å². The number of hydrogen-bond acceptors (Lipinski definition) is 5. The predicted octanol–water partition coefficient (Wildman–Crippen LogP) is 3.45. The van der Waals surface area contributed by atoms with Crippen LogP contribution in [0.25, 0.3) is 0 Å². The third kappa shape index (κ3) is 3.98. The highest BCUT2D eigenvalue weighted by atomic mass is 16.7. The van der Waals surface area contributed by atoms with Crippen LogP contribution in [0.3, 0.4) is 0 Å². The third-order valence-corrected chi connectivity index (χ3v) is 4.82. The molecule has 5 heteroatoms. The van der Waals surface area contributed by atoms with Gasteiger partial charge in [0.25, 0.3) is 0 Å². The number of methoxy groups -OCH3 is 1. The second-order valence-corrected chi connectivity index (χ2v) is 6.59. The molecule has 26 heavy (non-hydrogen) atoms. The largest absolute Gasteiger partial charge is 0.371 e. The molecule has 5 nitrogen and oxygen atoms in total. The van der Waals surface area contributed by atoms with Crippen LogP contribution < -0.4 is 0 Å². The lowest BCUT2D eigenvalue weighted by Gasteiger charge is -2.45. The Morgan fingerprint density at radius 3 is 2.42 bits per heavy atom. The topological polar surface area (TPSA) is 46.2 Å². The van der Waals surface area contributed by atoms with Gasteiger partial charge in [-0.25, -0.2) is 0 Å². The second-order valence-electron chi connectivity index (χ2n) is 6.59. The Bertz CT molecular complexity index is 677. The van der Waals surface area contributed by atoms with Crippen LogP contribution in [0, 0.1) is 0 Å². The van der Waals surface area contributed by atoms with E-state index < -0.39 is 6.29 Å². The first kappa shape index (κ1) is 17.6. The molecule has 0 amide bonds. The molecule has 2 saturated heterocycles. The maximum Gasteiger partial charge on any atom is 0.184 e. The zero-order valence-corrected chi connectivity index (χ0v) is 14.8. The lowest BCUT2D eigenvalue weighted by Crippen LogP contribution is -2.55. The average Bonchev–Trinajstić information content (AvgIpc) is 2.72. The van der Waals surface area contributed by atoms with Gasteiger partial charge in [-0.1, -0.05) is 60.7 Å². The van der Waals surface area contributed by atoms with E-state index >= 15 is 0 Å². The first-order valence-corrected chi connectivity index (χ1v) is 8.99. The molecule has 4 rings (SSSR count). The van der Waals surface area contributed by atoms with E-state index in [0.717, 1.165) is 11.1 Å². The van der Waals surface area contributed by atoms with Crippen LogP contribution in [0.2, 0.25) is 0 Å². The van der Waals surface area contributed by atoms with Crippen molar-refractivity contribution in [2.75, 3.05) is 13.7 Å². The summed E-state index contributed by atoms with van der Waals surface area (Å²) in [6.07, 6.45) is -0.584. The maximum atomic E-state index is 6.24. The van der Waals surface area contributed by atoms with Gasteiger partial charge in [-0.05, 0) is 5.56 Å². The molecule has 0 unspecified atom stereocenters. The smallest absolute Gasteiger partial charge is 0.184 e. The minimum atomic E-state index is -0.400.